The average molecular weight is 329 g/mol. The van der Waals surface area contributed by atoms with Gasteiger partial charge in [-0.25, -0.2) is 14.6 Å². The highest BCUT2D eigenvalue weighted by molar-refractivity contribution is 6.02. The van der Waals surface area contributed by atoms with E-state index in [0.29, 0.717) is 11.6 Å². The maximum Gasteiger partial charge on any atom is 0.276 e. The second kappa shape index (κ2) is 6.75. The second-order valence-electron chi connectivity index (χ2n) is 5.70. The number of aryl methyl sites for hydroxylation is 1. The average Bonchev–Trinajstić information content (AvgIpc) is 2.59. The molecule has 0 saturated carbocycles. The first-order chi connectivity index (χ1) is 11.5. The van der Waals surface area contributed by atoms with Crippen molar-refractivity contribution in [2.24, 2.45) is 7.05 Å². The molecule has 2 aromatic heterocycles. The van der Waals surface area contributed by atoms with Crippen LogP contribution in [0.1, 0.15) is 10.5 Å². The van der Waals surface area contributed by atoms with Crippen molar-refractivity contribution in [2.75, 3.05) is 43.4 Å². The van der Waals surface area contributed by atoms with Gasteiger partial charge in [-0.2, -0.15) is 5.10 Å². The molecule has 24 heavy (non-hydrogen) atoms. The van der Waals surface area contributed by atoms with Crippen LogP contribution < -0.4 is 15.8 Å². The van der Waals surface area contributed by atoms with E-state index in [4.69, 9.17) is 0 Å². The normalized spacial score (nSPS) is 15.3. The third-order valence-corrected chi connectivity index (χ3v) is 3.88. The van der Waals surface area contributed by atoms with Gasteiger partial charge >= 0.3 is 0 Å². The van der Waals surface area contributed by atoms with Crippen molar-refractivity contribution in [3.8, 4) is 0 Å². The van der Waals surface area contributed by atoms with Crippen molar-refractivity contribution in [3.05, 3.63) is 40.6 Å². The molecule has 0 radical (unpaired) electrons. The summed E-state index contributed by atoms with van der Waals surface area (Å²) in [5, 5.41) is 6.58. The SMILES string of the molecule is CN1CCN(c2ncc(NC(=O)c3ccc(=O)n(C)n3)cn2)CC1. The molecule has 1 amide bonds. The fourth-order valence-electron chi connectivity index (χ4n) is 2.37. The lowest BCUT2D eigenvalue weighted by molar-refractivity contribution is 0.102. The number of piperazine rings is 1. The Bertz CT molecular complexity index is 779. The number of hydrogen-bond acceptors (Lipinski definition) is 7. The molecule has 0 aromatic carbocycles. The van der Waals surface area contributed by atoms with Crippen molar-refractivity contribution in [2.45, 2.75) is 0 Å². The number of anilines is 2. The van der Waals surface area contributed by atoms with Gasteiger partial charge in [0.2, 0.25) is 5.95 Å². The molecule has 1 aliphatic heterocycles. The second-order valence-corrected chi connectivity index (χ2v) is 5.70. The van der Waals surface area contributed by atoms with Gasteiger partial charge in [0.05, 0.1) is 18.1 Å². The van der Waals surface area contributed by atoms with Crippen molar-refractivity contribution in [3.63, 3.8) is 0 Å². The summed E-state index contributed by atoms with van der Waals surface area (Å²) in [5.41, 5.74) is 0.361. The smallest absolute Gasteiger partial charge is 0.276 e. The first-order valence-corrected chi connectivity index (χ1v) is 7.64. The van der Waals surface area contributed by atoms with E-state index in [1.54, 1.807) is 12.4 Å². The van der Waals surface area contributed by atoms with Gasteiger partial charge < -0.3 is 15.1 Å². The minimum atomic E-state index is -0.415. The molecule has 2 aromatic rings. The van der Waals surface area contributed by atoms with Crippen LogP contribution >= 0.6 is 0 Å². The molecule has 0 spiro atoms. The molecule has 0 bridgehead atoms. The quantitative estimate of drug-likeness (QED) is 0.816. The Hall–Kier alpha value is -2.81. The summed E-state index contributed by atoms with van der Waals surface area (Å²) >= 11 is 0. The summed E-state index contributed by atoms with van der Waals surface area (Å²) in [5.74, 6) is 0.239. The van der Waals surface area contributed by atoms with Gasteiger partial charge in [-0.15, -0.1) is 0 Å². The molecule has 0 aliphatic carbocycles. The Kier molecular flexibility index (Phi) is 4.52. The molecule has 126 valence electrons. The molecule has 1 aliphatic rings. The van der Waals surface area contributed by atoms with Crippen molar-refractivity contribution >= 4 is 17.5 Å². The highest BCUT2D eigenvalue weighted by Gasteiger charge is 2.16. The predicted octanol–water partition coefficient (Wildman–Crippen LogP) is -0.426. The summed E-state index contributed by atoms with van der Waals surface area (Å²) in [7, 11) is 3.58. The third kappa shape index (κ3) is 3.57. The molecule has 9 nitrogen and oxygen atoms in total. The van der Waals surface area contributed by atoms with E-state index in [2.05, 4.69) is 37.2 Å². The van der Waals surface area contributed by atoms with Crippen LogP contribution in [0.4, 0.5) is 11.6 Å². The zero-order chi connectivity index (χ0) is 17.1. The zero-order valence-electron chi connectivity index (χ0n) is 13.6. The van der Waals surface area contributed by atoms with Crippen molar-refractivity contribution < 1.29 is 4.79 Å². The fourth-order valence-corrected chi connectivity index (χ4v) is 2.37. The van der Waals surface area contributed by atoms with Gasteiger partial charge in [0.1, 0.15) is 5.69 Å². The summed E-state index contributed by atoms with van der Waals surface area (Å²) < 4.78 is 1.11. The third-order valence-electron chi connectivity index (χ3n) is 3.88. The summed E-state index contributed by atoms with van der Waals surface area (Å²) in [6, 6.07) is 2.69. The maximum absolute atomic E-state index is 12.1. The van der Waals surface area contributed by atoms with E-state index in [-0.39, 0.29) is 11.3 Å². The van der Waals surface area contributed by atoms with Gasteiger partial charge in [0.25, 0.3) is 11.5 Å². The van der Waals surface area contributed by atoms with E-state index < -0.39 is 5.91 Å². The molecule has 3 heterocycles. The summed E-state index contributed by atoms with van der Waals surface area (Å²) in [4.78, 5) is 36.4. The predicted molar refractivity (Wildman–Crippen MR) is 89.2 cm³/mol. The minimum Gasteiger partial charge on any atom is -0.338 e. The summed E-state index contributed by atoms with van der Waals surface area (Å²) in [6.45, 7) is 3.70. The largest absolute Gasteiger partial charge is 0.338 e. The number of carbonyl (C=O) groups excluding carboxylic acids is 1. The molecule has 3 rings (SSSR count). The minimum absolute atomic E-state index is 0.153. The summed E-state index contributed by atoms with van der Waals surface area (Å²) in [6.07, 6.45) is 3.14. The number of aromatic nitrogens is 4. The van der Waals surface area contributed by atoms with E-state index in [1.165, 1.54) is 19.2 Å². The zero-order valence-corrected chi connectivity index (χ0v) is 13.6. The molecule has 9 heteroatoms. The van der Waals surface area contributed by atoms with Crippen LogP contribution in [0.2, 0.25) is 0 Å². The number of carbonyl (C=O) groups is 1. The van der Waals surface area contributed by atoms with Gasteiger partial charge in [-0.3, -0.25) is 9.59 Å². The van der Waals surface area contributed by atoms with Crippen molar-refractivity contribution in [1.29, 1.82) is 0 Å². The first-order valence-electron chi connectivity index (χ1n) is 7.64. The van der Waals surface area contributed by atoms with Crippen LogP contribution in [0.5, 0.6) is 0 Å². The Labute approximate surface area is 138 Å². The fraction of sp³-hybridized carbons (Fsp3) is 0.400. The van der Waals surface area contributed by atoms with Gasteiger partial charge in [0, 0.05) is 39.3 Å². The highest BCUT2D eigenvalue weighted by atomic mass is 16.2. The topological polar surface area (TPSA) is 96.2 Å². The number of likely N-dealkylation sites (N-methyl/N-ethyl adjacent to an activating group) is 1. The van der Waals surface area contributed by atoms with Crippen LogP contribution in [0.15, 0.2) is 29.3 Å². The van der Waals surface area contributed by atoms with Crippen LogP contribution in [-0.4, -0.2) is 63.8 Å². The highest BCUT2D eigenvalue weighted by Crippen LogP contribution is 2.12. The van der Waals surface area contributed by atoms with E-state index in [9.17, 15) is 9.59 Å². The number of amides is 1. The number of hydrogen-bond donors (Lipinski definition) is 1. The van der Waals surface area contributed by atoms with Crippen LogP contribution in [0.3, 0.4) is 0 Å². The van der Waals surface area contributed by atoms with Gasteiger partial charge in [0.15, 0.2) is 0 Å². The molecule has 0 atom stereocenters. The lowest BCUT2D eigenvalue weighted by Gasteiger charge is -2.32. The molecular weight excluding hydrogens is 310 g/mol. The molecule has 1 saturated heterocycles. The Morgan fingerprint density at radius 3 is 2.38 bits per heavy atom. The standard InChI is InChI=1S/C15H19N7O2/c1-20-5-7-22(8-6-20)15-16-9-11(10-17-15)18-14(24)12-3-4-13(23)21(2)19-12/h3-4,9-10H,5-8H2,1-2H3,(H,18,24). The number of nitrogens with one attached hydrogen (secondary N) is 1. The van der Waals surface area contributed by atoms with Gasteiger partial charge in [-0.1, -0.05) is 0 Å². The van der Waals surface area contributed by atoms with Gasteiger partial charge in [-0.05, 0) is 13.1 Å². The Balaban J connectivity index is 1.66. The Morgan fingerprint density at radius 1 is 1.08 bits per heavy atom. The Morgan fingerprint density at radius 2 is 1.75 bits per heavy atom. The molecular formula is C15H19N7O2. The number of rotatable bonds is 3. The lowest BCUT2D eigenvalue weighted by Crippen LogP contribution is -2.45. The molecule has 1 N–H and O–H groups in total. The molecule has 1 fully saturated rings. The molecule has 0 unspecified atom stereocenters. The van der Waals surface area contributed by atoms with Crippen molar-refractivity contribution in [1.82, 2.24) is 24.6 Å². The van der Waals surface area contributed by atoms with Crippen LogP contribution in [0.25, 0.3) is 0 Å². The first kappa shape index (κ1) is 16.1. The van der Waals surface area contributed by atoms with Crippen LogP contribution in [0, 0.1) is 0 Å². The number of nitrogens with zero attached hydrogens (tertiary/aromatic N) is 6. The monoisotopic (exact) mass is 329 g/mol. The van der Waals surface area contributed by atoms with E-state index in [1.807, 2.05) is 0 Å². The van der Waals surface area contributed by atoms with E-state index >= 15 is 0 Å². The van der Waals surface area contributed by atoms with E-state index in [0.717, 1.165) is 30.9 Å². The maximum atomic E-state index is 12.1. The van der Waals surface area contributed by atoms with Crippen LogP contribution in [-0.2, 0) is 7.05 Å². The lowest BCUT2D eigenvalue weighted by atomic mass is 10.3.